The van der Waals surface area contributed by atoms with Gasteiger partial charge in [-0.15, -0.1) is 11.3 Å². The van der Waals surface area contributed by atoms with Gasteiger partial charge in [0.25, 0.3) is 0 Å². The normalized spacial score (nSPS) is 12.8. The van der Waals surface area contributed by atoms with Gasteiger partial charge in [-0.3, -0.25) is 0 Å². The molecule has 0 fully saturated rings. The Balaban J connectivity index is 2.43. The van der Waals surface area contributed by atoms with E-state index in [1.165, 1.54) is 21.6 Å². The van der Waals surface area contributed by atoms with Crippen molar-refractivity contribution in [1.82, 2.24) is 0 Å². The van der Waals surface area contributed by atoms with Gasteiger partial charge in [-0.1, -0.05) is 28.1 Å². The summed E-state index contributed by atoms with van der Waals surface area (Å²) in [6, 6.07) is 8.26. The molecule has 2 aromatic rings. The highest BCUT2D eigenvalue weighted by Crippen LogP contribution is 2.35. The molecule has 2 rings (SSSR count). The summed E-state index contributed by atoms with van der Waals surface area (Å²) >= 11 is 8.80. The van der Waals surface area contributed by atoms with Crippen molar-refractivity contribution < 1.29 is 0 Å². The highest BCUT2D eigenvalue weighted by molar-refractivity contribution is 9.11. The van der Waals surface area contributed by atoms with Crippen LogP contribution in [-0.4, -0.2) is 0 Å². The van der Waals surface area contributed by atoms with Gasteiger partial charge in [0.15, 0.2) is 0 Å². The van der Waals surface area contributed by atoms with Crippen LogP contribution in [0.3, 0.4) is 0 Å². The van der Waals surface area contributed by atoms with Gasteiger partial charge >= 0.3 is 0 Å². The van der Waals surface area contributed by atoms with Gasteiger partial charge in [0.2, 0.25) is 0 Å². The zero-order valence-electron chi connectivity index (χ0n) is 9.63. The van der Waals surface area contributed by atoms with Gasteiger partial charge in [0, 0.05) is 9.35 Å². The van der Waals surface area contributed by atoms with Crippen LogP contribution in [0.15, 0.2) is 32.5 Å². The predicted molar refractivity (Wildman–Crippen MR) is 81.7 cm³/mol. The van der Waals surface area contributed by atoms with E-state index >= 15 is 0 Å². The predicted octanol–water partition coefficient (Wildman–Crippen LogP) is 4.94. The van der Waals surface area contributed by atoms with Crippen LogP contribution in [0.25, 0.3) is 0 Å². The Morgan fingerprint density at radius 3 is 2.53 bits per heavy atom. The first kappa shape index (κ1) is 13.3. The first-order valence-electron chi connectivity index (χ1n) is 5.27. The van der Waals surface area contributed by atoms with Gasteiger partial charge in [0.1, 0.15) is 0 Å². The number of aryl methyl sites for hydroxylation is 1. The largest absolute Gasteiger partial charge is 0.320 e. The molecule has 0 saturated carbocycles. The minimum Gasteiger partial charge on any atom is -0.320 e. The number of rotatable bonds is 2. The fourth-order valence-electron chi connectivity index (χ4n) is 1.75. The zero-order valence-corrected chi connectivity index (χ0v) is 13.6. The average Bonchev–Trinajstić information content (AvgIpc) is 2.62. The molecule has 17 heavy (non-hydrogen) atoms. The molecule has 1 heterocycles. The minimum absolute atomic E-state index is 0.0532. The van der Waals surface area contributed by atoms with Crippen molar-refractivity contribution in [3.8, 4) is 0 Å². The van der Waals surface area contributed by atoms with E-state index in [0.717, 1.165) is 8.26 Å². The number of hydrogen-bond donors (Lipinski definition) is 1. The fourth-order valence-corrected chi connectivity index (χ4v) is 3.72. The van der Waals surface area contributed by atoms with Crippen LogP contribution < -0.4 is 5.73 Å². The van der Waals surface area contributed by atoms with Gasteiger partial charge in [-0.2, -0.15) is 0 Å². The summed E-state index contributed by atoms with van der Waals surface area (Å²) in [6.07, 6.45) is 0. The van der Waals surface area contributed by atoms with Crippen LogP contribution in [0.2, 0.25) is 0 Å². The molecule has 0 aliphatic heterocycles. The molecule has 2 N–H and O–H groups in total. The van der Waals surface area contributed by atoms with Gasteiger partial charge in [0.05, 0.1) is 9.83 Å². The Bertz CT molecular complexity index is 529. The van der Waals surface area contributed by atoms with Crippen molar-refractivity contribution in [3.05, 3.63) is 54.1 Å². The molecular formula is C13H13Br2NS. The molecule has 0 radical (unpaired) electrons. The Morgan fingerprint density at radius 2 is 1.94 bits per heavy atom. The maximum Gasteiger partial charge on any atom is 0.0731 e. The molecule has 90 valence electrons. The van der Waals surface area contributed by atoms with Gasteiger partial charge in [-0.05, 0) is 58.6 Å². The van der Waals surface area contributed by atoms with Crippen LogP contribution in [0.1, 0.15) is 27.6 Å². The quantitative estimate of drug-likeness (QED) is 0.791. The zero-order chi connectivity index (χ0) is 12.6. The van der Waals surface area contributed by atoms with E-state index in [9.17, 15) is 0 Å². The molecule has 1 atom stereocenters. The summed E-state index contributed by atoms with van der Waals surface area (Å²) in [5, 5.41) is 0. The molecule has 0 saturated heterocycles. The summed E-state index contributed by atoms with van der Waals surface area (Å²) in [5.74, 6) is 0. The molecule has 0 aliphatic carbocycles. The lowest BCUT2D eigenvalue weighted by Gasteiger charge is -2.14. The summed E-state index contributed by atoms with van der Waals surface area (Å²) < 4.78 is 2.27. The van der Waals surface area contributed by atoms with E-state index in [1.54, 1.807) is 11.3 Å². The third kappa shape index (κ3) is 2.65. The van der Waals surface area contributed by atoms with E-state index in [0.29, 0.717) is 0 Å². The summed E-state index contributed by atoms with van der Waals surface area (Å²) in [6.45, 7) is 4.18. The van der Waals surface area contributed by atoms with Crippen LogP contribution in [-0.2, 0) is 0 Å². The fraction of sp³-hybridized carbons (Fsp3) is 0.231. The number of halogens is 2. The number of nitrogens with two attached hydrogens (primary N) is 1. The lowest BCUT2D eigenvalue weighted by Crippen LogP contribution is -2.11. The van der Waals surface area contributed by atoms with Crippen molar-refractivity contribution in [1.29, 1.82) is 0 Å². The molecule has 1 aromatic carbocycles. The smallest absolute Gasteiger partial charge is 0.0731 e. The van der Waals surface area contributed by atoms with Crippen LogP contribution >= 0.6 is 43.2 Å². The number of thiophene rings is 1. The standard InChI is InChI=1S/C13H13Br2NS/c1-7-6-11(17-13(7)15)12(16)9-4-3-5-10(14)8(9)2/h3-6,12H,16H2,1-2H3. The number of hydrogen-bond acceptors (Lipinski definition) is 2. The minimum atomic E-state index is -0.0532. The lowest BCUT2D eigenvalue weighted by atomic mass is 10.0. The van der Waals surface area contributed by atoms with Crippen LogP contribution in [0, 0.1) is 13.8 Å². The van der Waals surface area contributed by atoms with Gasteiger partial charge < -0.3 is 5.73 Å². The summed E-state index contributed by atoms with van der Waals surface area (Å²) in [7, 11) is 0. The molecule has 1 aromatic heterocycles. The molecule has 0 bridgehead atoms. The van der Waals surface area contributed by atoms with E-state index in [1.807, 2.05) is 12.1 Å². The van der Waals surface area contributed by atoms with Crippen molar-refractivity contribution in [2.75, 3.05) is 0 Å². The maximum atomic E-state index is 6.34. The Hall–Kier alpha value is -0.160. The first-order chi connectivity index (χ1) is 8.00. The van der Waals surface area contributed by atoms with Crippen molar-refractivity contribution in [3.63, 3.8) is 0 Å². The first-order valence-corrected chi connectivity index (χ1v) is 7.67. The van der Waals surface area contributed by atoms with E-state index in [2.05, 4.69) is 57.8 Å². The SMILES string of the molecule is Cc1cc(C(N)c2cccc(Br)c2C)sc1Br. The third-order valence-electron chi connectivity index (χ3n) is 2.83. The second-order valence-corrected chi connectivity index (χ2v) is 7.29. The van der Waals surface area contributed by atoms with Crippen LogP contribution in [0.4, 0.5) is 0 Å². The second kappa shape index (κ2) is 5.22. The van der Waals surface area contributed by atoms with Crippen molar-refractivity contribution in [2.45, 2.75) is 19.9 Å². The third-order valence-corrected chi connectivity index (χ3v) is 5.91. The number of benzene rings is 1. The van der Waals surface area contributed by atoms with Crippen molar-refractivity contribution in [2.24, 2.45) is 5.73 Å². The van der Waals surface area contributed by atoms with Gasteiger partial charge in [-0.25, -0.2) is 0 Å². The molecule has 0 spiro atoms. The second-order valence-electron chi connectivity index (χ2n) is 4.04. The maximum absolute atomic E-state index is 6.34. The van der Waals surface area contributed by atoms with E-state index in [-0.39, 0.29) is 6.04 Å². The molecule has 4 heteroatoms. The monoisotopic (exact) mass is 373 g/mol. The topological polar surface area (TPSA) is 26.0 Å². The molecule has 1 nitrogen and oxygen atoms in total. The Kier molecular flexibility index (Phi) is 4.08. The van der Waals surface area contributed by atoms with Crippen LogP contribution in [0.5, 0.6) is 0 Å². The highest BCUT2D eigenvalue weighted by Gasteiger charge is 2.15. The lowest BCUT2D eigenvalue weighted by molar-refractivity contribution is 0.880. The molecule has 0 aliphatic rings. The highest BCUT2D eigenvalue weighted by atomic mass is 79.9. The molecular weight excluding hydrogens is 362 g/mol. The Morgan fingerprint density at radius 1 is 1.24 bits per heavy atom. The molecule has 0 amide bonds. The Labute approximate surface area is 122 Å². The van der Waals surface area contributed by atoms with Crippen molar-refractivity contribution >= 4 is 43.2 Å². The molecule has 1 unspecified atom stereocenters. The average molecular weight is 375 g/mol. The van der Waals surface area contributed by atoms with E-state index < -0.39 is 0 Å². The van der Waals surface area contributed by atoms with E-state index in [4.69, 9.17) is 5.73 Å². The summed E-state index contributed by atoms with van der Waals surface area (Å²) in [5.41, 5.74) is 9.97. The summed E-state index contributed by atoms with van der Waals surface area (Å²) in [4.78, 5) is 1.19.